The summed E-state index contributed by atoms with van der Waals surface area (Å²) in [7, 11) is 0. The Balaban J connectivity index is 1.51. The second-order valence-electron chi connectivity index (χ2n) is 7.85. The fourth-order valence-electron chi connectivity index (χ4n) is 4.05. The Morgan fingerprint density at radius 1 is 1.03 bits per heavy atom. The molecule has 0 spiro atoms. The summed E-state index contributed by atoms with van der Waals surface area (Å²) in [6.07, 6.45) is 5.94. The van der Waals surface area contributed by atoms with E-state index in [2.05, 4.69) is 23.1 Å². The van der Waals surface area contributed by atoms with E-state index in [9.17, 15) is 4.79 Å². The summed E-state index contributed by atoms with van der Waals surface area (Å²) in [4.78, 5) is 20.9. The van der Waals surface area contributed by atoms with Crippen LogP contribution in [0, 0.1) is 0 Å². The predicted octanol–water partition coefficient (Wildman–Crippen LogP) is 5.12. The van der Waals surface area contributed by atoms with Gasteiger partial charge >= 0.3 is 5.97 Å². The van der Waals surface area contributed by atoms with Crippen LogP contribution in [0.1, 0.15) is 42.0 Å². The lowest BCUT2D eigenvalue weighted by atomic mass is 9.84. The maximum absolute atomic E-state index is 10.9. The molecule has 0 saturated heterocycles. The number of fused-ring (bicyclic) bond motifs is 1. The summed E-state index contributed by atoms with van der Waals surface area (Å²) in [6, 6.07) is 19.6. The summed E-state index contributed by atoms with van der Waals surface area (Å²) < 4.78 is 5.52. The number of hydrogen-bond donors (Lipinski definition) is 1. The van der Waals surface area contributed by atoms with Gasteiger partial charge in [-0.15, -0.1) is 0 Å². The van der Waals surface area contributed by atoms with E-state index in [1.165, 1.54) is 11.1 Å². The fourth-order valence-corrected chi connectivity index (χ4v) is 4.05. The Morgan fingerprint density at radius 2 is 1.85 bits per heavy atom. The lowest BCUT2D eigenvalue weighted by Gasteiger charge is -2.23. The lowest BCUT2D eigenvalue weighted by molar-refractivity contribution is -0.139. The van der Waals surface area contributed by atoms with Crippen LogP contribution < -0.4 is 4.74 Å². The Hall–Kier alpha value is -3.93. The average Bonchev–Trinajstić information content (AvgIpc) is 2.84. The first-order chi connectivity index (χ1) is 16.1. The number of carbonyl (C=O) groups is 1. The van der Waals surface area contributed by atoms with Gasteiger partial charge in [0.05, 0.1) is 0 Å². The SMILES string of the molecule is CC1=C(CCO/N=C(\c2ccccc2)c2cccnc2)c2cccc(OCC(=O)O)c2CC1. The topological polar surface area (TPSA) is 81.0 Å². The van der Waals surface area contributed by atoms with Crippen molar-refractivity contribution < 1.29 is 19.5 Å². The van der Waals surface area contributed by atoms with Crippen molar-refractivity contribution in [3.8, 4) is 5.75 Å². The third kappa shape index (κ3) is 5.47. The maximum Gasteiger partial charge on any atom is 0.341 e. The van der Waals surface area contributed by atoms with Crippen molar-refractivity contribution in [3.63, 3.8) is 0 Å². The highest BCUT2D eigenvalue weighted by Gasteiger charge is 2.20. The number of hydrogen-bond acceptors (Lipinski definition) is 5. The van der Waals surface area contributed by atoms with Crippen molar-refractivity contribution in [2.75, 3.05) is 13.2 Å². The fraction of sp³-hybridized carbons (Fsp3) is 0.222. The van der Waals surface area contributed by atoms with Crippen LogP contribution in [0.25, 0.3) is 5.57 Å². The zero-order valence-electron chi connectivity index (χ0n) is 18.5. The molecular formula is C27H26N2O4. The standard InChI is InChI=1S/C27H26N2O4/c1-19-12-13-24-23(10-5-11-25(24)32-18-26(30)31)22(19)14-16-33-29-27(20-7-3-2-4-8-20)21-9-6-15-28-17-21/h2-11,15,17H,12-14,16,18H2,1H3,(H,30,31)/b29-27+. The molecule has 0 aliphatic heterocycles. The minimum Gasteiger partial charge on any atom is -0.482 e. The molecule has 2 aromatic carbocycles. The van der Waals surface area contributed by atoms with Crippen molar-refractivity contribution in [3.05, 3.63) is 101 Å². The number of pyridine rings is 1. The van der Waals surface area contributed by atoms with Crippen LogP contribution in [-0.2, 0) is 16.1 Å². The van der Waals surface area contributed by atoms with E-state index in [0.29, 0.717) is 18.8 Å². The first-order valence-electron chi connectivity index (χ1n) is 10.9. The monoisotopic (exact) mass is 442 g/mol. The van der Waals surface area contributed by atoms with E-state index in [1.807, 2.05) is 54.6 Å². The number of rotatable bonds is 9. The smallest absolute Gasteiger partial charge is 0.341 e. The van der Waals surface area contributed by atoms with Gasteiger partial charge in [0.2, 0.25) is 0 Å². The van der Waals surface area contributed by atoms with Gasteiger partial charge in [-0.05, 0) is 49.1 Å². The number of ether oxygens (including phenoxy) is 1. The second-order valence-corrected chi connectivity index (χ2v) is 7.85. The van der Waals surface area contributed by atoms with Gasteiger partial charge in [-0.25, -0.2) is 4.79 Å². The van der Waals surface area contributed by atoms with Gasteiger partial charge < -0.3 is 14.7 Å². The van der Waals surface area contributed by atoms with Crippen LogP contribution in [0.3, 0.4) is 0 Å². The van der Waals surface area contributed by atoms with Crippen LogP contribution in [0.5, 0.6) is 5.75 Å². The number of aromatic nitrogens is 1. The summed E-state index contributed by atoms with van der Waals surface area (Å²) in [5, 5.41) is 13.4. The normalized spacial score (nSPS) is 13.4. The number of nitrogens with zero attached hydrogens (tertiary/aromatic N) is 2. The van der Waals surface area contributed by atoms with Gasteiger partial charge in [0.25, 0.3) is 0 Å². The van der Waals surface area contributed by atoms with Gasteiger partial charge in [-0.2, -0.15) is 0 Å². The molecule has 6 nitrogen and oxygen atoms in total. The molecule has 0 saturated carbocycles. The molecule has 1 heterocycles. The Bertz CT molecular complexity index is 1130. The summed E-state index contributed by atoms with van der Waals surface area (Å²) in [5.41, 5.74) is 7.26. The van der Waals surface area contributed by atoms with E-state index in [-0.39, 0.29) is 6.61 Å². The molecule has 1 aromatic heterocycles. The Labute approximate surface area is 193 Å². The zero-order chi connectivity index (χ0) is 23.0. The quantitative estimate of drug-likeness (QED) is 0.282. The first kappa shape index (κ1) is 22.3. The van der Waals surface area contributed by atoms with E-state index in [0.717, 1.165) is 40.8 Å². The molecule has 0 unspecified atom stereocenters. The molecule has 0 bridgehead atoms. The predicted molar refractivity (Wildman–Crippen MR) is 127 cm³/mol. The molecule has 4 rings (SSSR count). The van der Waals surface area contributed by atoms with Gasteiger partial charge in [0.1, 0.15) is 18.1 Å². The van der Waals surface area contributed by atoms with Gasteiger partial charge in [0, 0.05) is 35.5 Å². The molecule has 168 valence electrons. The minimum atomic E-state index is -0.982. The number of oxime groups is 1. The zero-order valence-corrected chi connectivity index (χ0v) is 18.5. The maximum atomic E-state index is 10.9. The molecule has 1 aliphatic carbocycles. The molecule has 33 heavy (non-hydrogen) atoms. The van der Waals surface area contributed by atoms with Crippen LogP contribution in [-0.4, -0.2) is 35.0 Å². The molecule has 1 N–H and O–H groups in total. The average molecular weight is 443 g/mol. The Morgan fingerprint density at radius 3 is 2.61 bits per heavy atom. The summed E-state index contributed by atoms with van der Waals surface area (Å²) in [6.45, 7) is 2.21. The molecule has 0 amide bonds. The molecule has 1 aliphatic rings. The molecule has 0 radical (unpaired) electrons. The summed E-state index contributed by atoms with van der Waals surface area (Å²) >= 11 is 0. The number of carboxylic acid groups (broad SMARTS) is 1. The minimum absolute atomic E-state index is 0.344. The van der Waals surface area contributed by atoms with Crippen molar-refractivity contribution in [2.24, 2.45) is 5.16 Å². The highest BCUT2D eigenvalue weighted by molar-refractivity contribution is 6.12. The van der Waals surface area contributed by atoms with Gasteiger partial charge in [0.15, 0.2) is 6.61 Å². The molecule has 6 heteroatoms. The molecule has 0 atom stereocenters. The van der Waals surface area contributed by atoms with E-state index < -0.39 is 5.97 Å². The number of aliphatic carboxylic acids is 1. The number of carboxylic acids is 1. The third-order valence-electron chi connectivity index (χ3n) is 5.66. The third-order valence-corrected chi connectivity index (χ3v) is 5.66. The van der Waals surface area contributed by atoms with Gasteiger partial charge in [-0.3, -0.25) is 4.98 Å². The van der Waals surface area contributed by atoms with Crippen LogP contribution in [0.4, 0.5) is 0 Å². The van der Waals surface area contributed by atoms with Crippen LogP contribution in [0.15, 0.2) is 83.8 Å². The van der Waals surface area contributed by atoms with E-state index in [4.69, 9.17) is 14.7 Å². The van der Waals surface area contributed by atoms with Crippen molar-refractivity contribution >= 4 is 17.3 Å². The van der Waals surface area contributed by atoms with Gasteiger partial charge in [-0.1, -0.05) is 53.2 Å². The first-order valence-corrected chi connectivity index (χ1v) is 10.9. The molecular weight excluding hydrogens is 416 g/mol. The van der Waals surface area contributed by atoms with Crippen LogP contribution >= 0.6 is 0 Å². The summed E-state index contributed by atoms with van der Waals surface area (Å²) in [5.74, 6) is -0.341. The number of allylic oxidation sites excluding steroid dienone is 1. The highest BCUT2D eigenvalue weighted by Crippen LogP contribution is 2.37. The van der Waals surface area contributed by atoms with Crippen molar-refractivity contribution in [1.82, 2.24) is 4.98 Å². The Kier molecular flexibility index (Phi) is 7.15. The number of benzene rings is 2. The van der Waals surface area contributed by atoms with Crippen molar-refractivity contribution in [2.45, 2.75) is 26.2 Å². The lowest BCUT2D eigenvalue weighted by Crippen LogP contribution is -2.13. The molecule has 3 aromatic rings. The second kappa shape index (κ2) is 10.6. The van der Waals surface area contributed by atoms with Crippen LogP contribution in [0.2, 0.25) is 0 Å². The molecule has 0 fully saturated rings. The highest BCUT2D eigenvalue weighted by atomic mass is 16.6. The largest absolute Gasteiger partial charge is 0.482 e. The van der Waals surface area contributed by atoms with E-state index >= 15 is 0 Å². The van der Waals surface area contributed by atoms with Crippen molar-refractivity contribution in [1.29, 1.82) is 0 Å². The van der Waals surface area contributed by atoms with E-state index in [1.54, 1.807) is 12.4 Å².